The van der Waals surface area contributed by atoms with Crippen LogP contribution in [0.25, 0.3) is 0 Å². The fourth-order valence-corrected chi connectivity index (χ4v) is 5.57. The van der Waals surface area contributed by atoms with Crippen molar-refractivity contribution in [3.63, 3.8) is 0 Å². The number of hydrogen-bond donors (Lipinski definition) is 11. The summed E-state index contributed by atoms with van der Waals surface area (Å²) >= 11 is 0. The van der Waals surface area contributed by atoms with Crippen LogP contribution in [-0.2, 0) is 33.2 Å². The lowest BCUT2D eigenvalue weighted by Crippen LogP contribution is -2.69. The van der Waals surface area contributed by atoms with Gasteiger partial charge in [-0.1, -0.05) is 6.92 Å². The molecule has 0 aromatic heterocycles. The molecule has 0 bridgehead atoms. The second-order valence-electron chi connectivity index (χ2n) is 11.6. The van der Waals surface area contributed by atoms with Gasteiger partial charge in [0.1, 0.15) is 36.6 Å². The highest BCUT2D eigenvalue weighted by molar-refractivity contribution is 4.98. The molecule has 7 unspecified atom stereocenters. The first-order chi connectivity index (χ1) is 21.6. The molecule has 0 radical (unpaired) electrons. The highest BCUT2D eigenvalue weighted by Crippen LogP contribution is 2.32. The fraction of sp³-hybridized carbons (Fsp3) is 1.00. The third-order valence-electron chi connectivity index (χ3n) is 8.43. The largest absolute Gasteiger partial charge is 0.394 e. The number of nitrogens with one attached hydrogen (secondary N) is 2. The van der Waals surface area contributed by atoms with Gasteiger partial charge in [-0.3, -0.25) is 0 Å². The summed E-state index contributed by atoms with van der Waals surface area (Å²) in [5, 5.41) is 78.9. The van der Waals surface area contributed by atoms with E-state index in [0.717, 1.165) is 0 Å². The van der Waals surface area contributed by atoms with Crippen LogP contribution in [0.15, 0.2) is 0 Å². The van der Waals surface area contributed by atoms with Gasteiger partial charge in [-0.25, -0.2) is 0 Å². The molecule has 18 nitrogen and oxygen atoms in total. The summed E-state index contributed by atoms with van der Waals surface area (Å²) in [7, 11) is 1.54. The zero-order valence-electron chi connectivity index (χ0n) is 25.9. The summed E-state index contributed by atoms with van der Waals surface area (Å²) in [4.78, 5) is 0. The van der Waals surface area contributed by atoms with Crippen molar-refractivity contribution in [1.29, 1.82) is 0 Å². The monoisotopic (exact) mass is 658 g/mol. The third kappa shape index (κ3) is 10.4. The lowest BCUT2D eigenvalue weighted by atomic mass is 9.89. The number of nitrogens with two attached hydrogens (primary N) is 2. The minimum absolute atomic E-state index is 0.00397. The summed E-state index contributed by atoms with van der Waals surface area (Å²) in [5.41, 5.74) is 12.1. The standard InChI is InChI=1S/C27H54N4O14/c1-13-15(9-32)42-26(19(29)21(13)36)44-25-17(11-34)43-27(45-24-16(10-33)41-12-14(28)22(24)37)20(23(25)38)31-6-5-30-4-3-18(35)40-8-7-39-2/h13-27,30-38H,3-12,28-29H2,1-2H3/t13-,14?,15?,16?,17?,18?,19?,20?,21-,22+,23+,24+,25+,26-,27-/m0/s1. The van der Waals surface area contributed by atoms with Crippen LogP contribution < -0.4 is 22.1 Å². The van der Waals surface area contributed by atoms with Crippen LogP contribution in [-0.4, -0.2) is 188 Å². The van der Waals surface area contributed by atoms with Gasteiger partial charge in [-0.15, -0.1) is 0 Å². The predicted molar refractivity (Wildman–Crippen MR) is 154 cm³/mol. The Labute approximate surface area is 262 Å². The van der Waals surface area contributed by atoms with Crippen molar-refractivity contribution in [3.05, 3.63) is 0 Å². The molecule has 3 rings (SSSR count). The molecular weight excluding hydrogens is 604 g/mol. The van der Waals surface area contributed by atoms with Gasteiger partial charge in [0.2, 0.25) is 0 Å². The van der Waals surface area contributed by atoms with E-state index in [1.165, 1.54) is 7.11 Å². The summed E-state index contributed by atoms with van der Waals surface area (Å²) in [5.74, 6) is -0.487. The smallest absolute Gasteiger partial charge is 0.176 e. The van der Waals surface area contributed by atoms with Crippen molar-refractivity contribution >= 4 is 0 Å². The molecule has 0 amide bonds. The molecule has 3 heterocycles. The fourth-order valence-electron chi connectivity index (χ4n) is 5.57. The maximum Gasteiger partial charge on any atom is 0.176 e. The van der Waals surface area contributed by atoms with Gasteiger partial charge in [0.25, 0.3) is 0 Å². The lowest BCUT2D eigenvalue weighted by Gasteiger charge is -2.49. The summed E-state index contributed by atoms with van der Waals surface area (Å²) in [6.07, 6.45) is -12.2. The molecule has 3 aliphatic heterocycles. The quantitative estimate of drug-likeness (QED) is 0.0482. The van der Waals surface area contributed by atoms with Crippen molar-refractivity contribution in [1.82, 2.24) is 10.6 Å². The van der Waals surface area contributed by atoms with E-state index in [-0.39, 0.29) is 19.8 Å². The van der Waals surface area contributed by atoms with Crippen LogP contribution in [0.5, 0.6) is 0 Å². The predicted octanol–water partition coefficient (Wildman–Crippen LogP) is -6.13. The Kier molecular flexibility index (Phi) is 16.6. The molecule has 3 saturated heterocycles. The number of methoxy groups -OCH3 is 1. The molecule has 0 spiro atoms. The molecule has 0 aliphatic carbocycles. The van der Waals surface area contributed by atoms with Crippen LogP contribution in [0, 0.1) is 5.92 Å². The second kappa shape index (κ2) is 19.3. The molecule has 3 aliphatic rings. The lowest BCUT2D eigenvalue weighted by molar-refractivity contribution is -0.341. The number of rotatable bonds is 18. The van der Waals surface area contributed by atoms with Gasteiger partial charge >= 0.3 is 0 Å². The molecular formula is C27H54N4O14. The van der Waals surface area contributed by atoms with E-state index < -0.39 is 112 Å². The Balaban J connectivity index is 1.71. The zero-order valence-corrected chi connectivity index (χ0v) is 25.9. The van der Waals surface area contributed by atoms with Gasteiger partial charge in [0.05, 0.1) is 70.0 Å². The Bertz CT molecular complexity index is 821. The first-order valence-corrected chi connectivity index (χ1v) is 15.4. The number of ether oxygens (including phenoxy) is 7. The third-order valence-corrected chi connectivity index (χ3v) is 8.43. The number of hydrogen-bond acceptors (Lipinski definition) is 18. The average Bonchev–Trinajstić information content (AvgIpc) is 3.03. The van der Waals surface area contributed by atoms with Gasteiger partial charge in [0.15, 0.2) is 18.9 Å². The Hall–Kier alpha value is -0.720. The molecule has 13 N–H and O–H groups in total. The normalized spacial score (nSPS) is 41.7. The molecule has 18 heteroatoms. The molecule has 0 aromatic carbocycles. The zero-order chi connectivity index (χ0) is 33.1. The van der Waals surface area contributed by atoms with Crippen molar-refractivity contribution < 1.29 is 68.9 Å². The molecule has 0 saturated carbocycles. The van der Waals surface area contributed by atoms with Crippen molar-refractivity contribution in [2.45, 2.75) is 99.2 Å². The Morgan fingerprint density at radius 1 is 0.822 bits per heavy atom. The number of aliphatic hydroxyl groups is 7. The minimum Gasteiger partial charge on any atom is -0.394 e. The second-order valence-corrected chi connectivity index (χ2v) is 11.6. The van der Waals surface area contributed by atoms with E-state index in [2.05, 4.69) is 10.6 Å². The summed E-state index contributed by atoms with van der Waals surface area (Å²) in [6.45, 7) is 1.85. The van der Waals surface area contributed by atoms with Crippen LogP contribution in [0.3, 0.4) is 0 Å². The maximum atomic E-state index is 11.6. The van der Waals surface area contributed by atoms with Crippen molar-refractivity contribution in [3.8, 4) is 0 Å². The molecule has 15 atom stereocenters. The highest BCUT2D eigenvalue weighted by atomic mass is 16.7. The van der Waals surface area contributed by atoms with E-state index >= 15 is 0 Å². The van der Waals surface area contributed by atoms with Gasteiger partial charge in [-0.2, -0.15) is 0 Å². The van der Waals surface area contributed by atoms with Gasteiger partial charge < -0.3 is 91.0 Å². The van der Waals surface area contributed by atoms with Crippen molar-refractivity contribution in [2.75, 3.05) is 66.4 Å². The summed E-state index contributed by atoms with van der Waals surface area (Å²) < 4.78 is 39.6. The van der Waals surface area contributed by atoms with E-state index in [4.69, 9.17) is 44.6 Å². The SMILES string of the molecule is COCCOC(O)CCNCCNC1[C@H](O[C@@H]2C(CO)OCC(N)[C@H]2O)OC(CO)[C@@H](O[C@@H]2OC(CO)[C@H](C)[C@H](O)C2N)[C@@H]1O. The highest BCUT2D eigenvalue weighted by Gasteiger charge is 2.52. The van der Waals surface area contributed by atoms with Crippen molar-refractivity contribution in [2.24, 2.45) is 17.4 Å². The maximum absolute atomic E-state index is 11.6. The molecule has 0 aromatic rings. The van der Waals surface area contributed by atoms with Crippen LogP contribution >= 0.6 is 0 Å². The van der Waals surface area contributed by atoms with E-state index in [9.17, 15) is 35.7 Å². The van der Waals surface area contributed by atoms with Gasteiger partial charge in [-0.05, 0) is 6.54 Å². The molecule has 266 valence electrons. The van der Waals surface area contributed by atoms with Gasteiger partial charge in [0, 0.05) is 32.5 Å². The van der Waals surface area contributed by atoms with Crippen LogP contribution in [0.1, 0.15) is 13.3 Å². The first kappa shape index (κ1) is 38.7. The molecule has 3 fully saturated rings. The number of aliphatic hydroxyl groups excluding tert-OH is 7. The Morgan fingerprint density at radius 3 is 2.13 bits per heavy atom. The topological polar surface area (TPSA) is 282 Å². The first-order valence-electron chi connectivity index (χ1n) is 15.4. The van der Waals surface area contributed by atoms with E-state index in [0.29, 0.717) is 26.1 Å². The van der Waals surface area contributed by atoms with Crippen LogP contribution in [0.4, 0.5) is 0 Å². The average molecular weight is 659 g/mol. The molecule has 45 heavy (non-hydrogen) atoms. The summed E-state index contributed by atoms with van der Waals surface area (Å²) in [6, 6.07) is -2.86. The van der Waals surface area contributed by atoms with E-state index in [1.54, 1.807) is 6.92 Å². The minimum atomic E-state index is -1.42. The van der Waals surface area contributed by atoms with Crippen LogP contribution in [0.2, 0.25) is 0 Å². The Morgan fingerprint density at radius 2 is 1.47 bits per heavy atom. The van der Waals surface area contributed by atoms with E-state index in [1.807, 2.05) is 0 Å².